The molecule has 0 atom stereocenters. The zero-order valence-electron chi connectivity index (χ0n) is 19.0. The Balaban J connectivity index is 1.82. The summed E-state index contributed by atoms with van der Waals surface area (Å²) in [4.78, 5) is 3.34. The topological polar surface area (TPSA) is 66.1 Å². The van der Waals surface area contributed by atoms with Crippen molar-refractivity contribution >= 4 is 34.0 Å². The number of fused-ring (bicyclic) bond motifs is 3. The molecule has 0 fully saturated rings. The molecule has 0 bridgehead atoms. The number of aryl methyl sites for hydroxylation is 3. The molecule has 5 rings (SSSR count). The lowest BCUT2D eigenvalue weighted by molar-refractivity contribution is 0.447. The largest absolute Gasteiger partial charge is 0.508 e. The Labute approximate surface area is 197 Å². The van der Waals surface area contributed by atoms with Gasteiger partial charge in [-0.05, 0) is 67.9 Å². The van der Waals surface area contributed by atoms with Crippen LogP contribution in [-0.2, 0) is 19.4 Å². The van der Waals surface area contributed by atoms with E-state index >= 15 is 0 Å². The van der Waals surface area contributed by atoms with Crippen LogP contribution in [0.2, 0.25) is 0 Å². The van der Waals surface area contributed by atoms with E-state index in [1.54, 1.807) is 0 Å². The lowest BCUT2D eigenvalue weighted by Gasteiger charge is -2.14. The third-order valence-electron chi connectivity index (χ3n) is 6.49. The fourth-order valence-electron chi connectivity index (χ4n) is 4.88. The molecule has 6 heteroatoms. The molecule has 0 amide bonds. The number of hydrogen-bond donors (Lipinski definition) is 3. The number of nitrogens with zero attached hydrogens (tertiary/aromatic N) is 2. The van der Waals surface area contributed by atoms with Crippen LogP contribution in [0.1, 0.15) is 32.0 Å². The highest BCUT2D eigenvalue weighted by molar-refractivity contribution is 7.71. The van der Waals surface area contributed by atoms with Crippen molar-refractivity contribution in [2.75, 3.05) is 0 Å². The predicted octanol–water partition coefficient (Wildman–Crippen LogP) is 6.87. The van der Waals surface area contributed by atoms with Crippen LogP contribution in [0.4, 0.5) is 0 Å². The smallest absolute Gasteiger partial charge is 0.182 e. The second-order valence-electron chi connectivity index (χ2n) is 8.26. The summed E-state index contributed by atoms with van der Waals surface area (Å²) >= 11 is 5.76. The first-order valence-corrected chi connectivity index (χ1v) is 11.8. The highest BCUT2D eigenvalue weighted by atomic mass is 32.1. The Morgan fingerprint density at radius 3 is 2.33 bits per heavy atom. The Bertz CT molecular complexity index is 1570. The van der Waals surface area contributed by atoms with Gasteiger partial charge in [0.15, 0.2) is 4.77 Å². The van der Waals surface area contributed by atoms with Crippen molar-refractivity contribution in [3.05, 3.63) is 70.6 Å². The molecule has 168 valence electrons. The van der Waals surface area contributed by atoms with Crippen LogP contribution in [0.15, 0.2) is 54.6 Å². The van der Waals surface area contributed by atoms with Crippen LogP contribution in [0.25, 0.3) is 38.8 Å². The van der Waals surface area contributed by atoms with E-state index in [9.17, 15) is 10.2 Å². The molecule has 3 N–H and O–H groups in total. The molecule has 0 spiro atoms. The Morgan fingerprint density at radius 2 is 1.61 bits per heavy atom. The molecule has 5 nitrogen and oxygen atoms in total. The van der Waals surface area contributed by atoms with E-state index in [-0.39, 0.29) is 11.5 Å². The first-order valence-electron chi connectivity index (χ1n) is 11.4. The minimum absolute atomic E-state index is 0.0332. The Hall–Kier alpha value is -3.51. The molecule has 0 radical (unpaired) electrons. The van der Waals surface area contributed by atoms with Crippen molar-refractivity contribution < 1.29 is 10.2 Å². The van der Waals surface area contributed by atoms with Crippen molar-refractivity contribution in [3.63, 3.8) is 0 Å². The van der Waals surface area contributed by atoms with E-state index in [0.29, 0.717) is 16.8 Å². The number of rotatable bonds is 5. The van der Waals surface area contributed by atoms with Crippen LogP contribution in [0, 0.1) is 4.77 Å². The molecule has 0 saturated heterocycles. The number of phenolic OH excluding ortho intramolecular Hbond substituents is 2. The fourth-order valence-corrected chi connectivity index (χ4v) is 5.20. The molecular weight excluding hydrogens is 430 g/mol. The van der Waals surface area contributed by atoms with Gasteiger partial charge in [0, 0.05) is 51.4 Å². The molecular formula is C27H27N3O2S. The highest BCUT2D eigenvalue weighted by Crippen LogP contribution is 2.39. The van der Waals surface area contributed by atoms with Gasteiger partial charge in [-0.15, -0.1) is 0 Å². The van der Waals surface area contributed by atoms with E-state index in [2.05, 4.69) is 65.9 Å². The lowest BCUT2D eigenvalue weighted by atomic mass is 10.0. The summed E-state index contributed by atoms with van der Waals surface area (Å²) in [5.41, 5.74) is 6.54. The molecule has 5 aromatic rings. The summed E-state index contributed by atoms with van der Waals surface area (Å²) in [6.45, 7) is 7.09. The zero-order chi connectivity index (χ0) is 23.3. The van der Waals surface area contributed by atoms with Crippen molar-refractivity contribution in [3.8, 4) is 28.4 Å². The van der Waals surface area contributed by atoms with E-state index in [1.807, 2.05) is 17.6 Å². The number of aromatic amines is 1. The summed E-state index contributed by atoms with van der Waals surface area (Å²) in [5, 5.41) is 23.4. The van der Waals surface area contributed by atoms with Gasteiger partial charge in [0.2, 0.25) is 0 Å². The average Bonchev–Trinajstić information content (AvgIpc) is 3.32. The number of benzene rings is 3. The monoisotopic (exact) mass is 457 g/mol. The summed E-state index contributed by atoms with van der Waals surface area (Å²) < 4.78 is 4.89. The van der Waals surface area contributed by atoms with E-state index in [0.717, 1.165) is 35.6 Å². The highest BCUT2D eigenvalue weighted by Gasteiger charge is 2.20. The quantitative estimate of drug-likeness (QED) is 0.252. The maximum Gasteiger partial charge on any atom is 0.182 e. The Morgan fingerprint density at radius 1 is 0.848 bits per heavy atom. The van der Waals surface area contributed by atoms with Gasteiger partial charge in [-0.25, -0.2) is 0 Å². The molecule has 0 aliphatic heterocycles. The minimum Gasteiger partial charge on any atom is -0.508 e. The summed E-state index contributed by atoms with van der Waals surface area (Å²) in [7, 11) is 0. The van der Waals surface area contributed by atoms with Crippen molar-refractivity contribution in [1.29, 1.82) is 0 Å². The first-order chi connectivity index (χ1) is 16.0. The van der Waals surface area contributed by atoms with Crippen LogP contribution in [-0.4, -0.2) is 24.3 Å². The van der Waals surface area contributed by atoms with E-state index in [4.69, 9.17) is 12.2 Å². The van der Waals surface area contributed by atoms with Gasteiger partial charge in [0.25, 0.3) is 0 Å². The zero-order valence-corrected chi connectivity index (χ0v) is 19.8. The molecule has 3 aromatic carbocycles. The van der Waals surface area contributed by atoms with Gasteiger partial charge in [0.1, 0.15) is 11.5 Å². The number of hydrogen-bond acceptors (Lipinski definition) is 3. The summed E-state index contributed by atoms with van der Waals surface area (Å²) in [6.07, 6.45) is 1.39. The van der Waals surface area contributed by atoms with Gasteiger partial charge >= 0.3 is 0 Å². The summed E-state index contributed by atoms with van der Waals surface area (Å²) in [5.74, 6) is 0.136. The number of H-pyrrole nitrogens is 1. The number of phenols is 2. The third-order valence-corrected chi connectivity index (χ3v) is 6.77. The third kappa shape index (κ3) is 3.25. The van der Waals surface area contributed by atoms with Crippen LogP contribution in [0.5, 0.6) is 11.5 Å². The standard InChI is InChI=1S/C27H27N3O2S/c1-4-16-13-20(25(32)15-24(16)31)26-21(5-2)28-27(33)30(26)17-11-12-23-19(14-17)18-9-7-8-10-22(18)29(23)6-3/h7-15,31-32H,4-6H2,1-3H3,(H,28,33). The van der Waals surface area contributed by atoms with Crippen LogP contribution >= 0.6 is 12.2 Å². The van der Waals surface area contributed by atoms with Crippen molar-refractivity contribution in [1.82, 2.24) is 14.1 Å². The normalized spacial score (nSPS) is 11.6. The number of para-hydroxylation sites is 1. The fraction of sp³-hybridized carbons (Fsp3) is 0.222. The predicted molar refractivity (Wildman–Crippen MR) is 137 cm³/mol. The summed E-state index contributed by atoms with van der Waals surface area (Å²) in [6, 6.07) is 18.1. The second kappa shape index (κ2) is 8.12. The van der Waals surface area contributed by atoms with Crippen molar-refractivity contribution in [2.24, 2.45) is 0 Å². The SMILES string of the molecule is CCc1cc(-c2c(CC)[nH]c(=S)n2-c2ccc3c(c2)c2ccccc2n3CC)c(O)cc1O. The molecule has 2 aromatic heterocycles. The molecule has 0 aliphatic rings. The maximum atomic E-state index is 10.8. The first kappa shape index (κ1) is 21.3. The molecule has 0 aliphatic carbocycles. The minimum atomic E-state index is 0.0332. The number of aromatic hydroxyl groups is 2. The van der Waals surface area contributed by atoms with Gasteiger partial charge in [-0.1, -0.05) is 32.0 Å². The van der Waals surface area contributed by atoms with E-state index in [1.165, 1.54) is 27.9 Å². The molecule has 33 heavy (non-hydrogen) atoms. The average molecular weight is 458 g/mol. The molecule has 2 heterocycles. The second-order valence-corrected chi connectivity index (χ2v) is 8.65. The Kier molecular flexibility index (Phi) is 5.25. The lowest BCUT2D eigenvalue weighted by Crippen LogP contribution is -2.00. The van der Waals surface area contributed by atoms with Gasteiger partial charge in [-0.2, -0.15) is 0 Å². The number of nitrogens with one attached hydrogen (secondary N) is 1. The van der Waals surface area contributed by atoms with Gasteiger partial charge in [0.05, 0.1) is 5.69 Å². The number of imidazole rings is 1. The van der Waals surface area contributed by atoms with Gasteiger partial charge < -0.3 is 19.8 Å². The maximum absolute atomic E-state index is 10.8. The van der Waals surface area contributed by atoms with Crippen molar-refractivity contribution in [2.45, 2.75) is 40.2 Å². The van der Waals surface area contributed by atoms with Crippen LogP contribution in [0.3, 0.4) is 0 Å². The van der Waals surface area contributed by atoms with Crippen LogP contribution < -0.4 is 0 Å². The molecule has 0 saturated carbocycles. The number of aromatic nitrogens is 3. The van der Waals surface area contributed by atoms with E-state index < -0.39 is 0 Å². The van der Waals surface area contributed by atoms with Gasteiger partial charge in [-0.3, -0.25) is 4.57 Å². The molecule has 0 unspecified atom stereocenters.